The van der Waals surface area contributed by atoms with Crippen LogP contribution >= 0.6 is 0 Å². The van der Waals surface area contributed by atoms with Gasteiger partial charge in [0.15, 0.2) is 0 Å². The van der Waals surface area contributed by atoms with Crippen molar-refractivity contribution in [1.29, 1.82) is 0 Å². The summed E-state index contributed by atoms with van der Waals surface area (Å²) in [6.45, 7) is 5.09. The van der Waals surface area contributed by atoms with E-state index in [1.807, 2.05) is 17.0 Å². The molecule has 3 rings (SSSR count). The average Bonchev–Trinajstić information content (AvgIpc) is 2.67. The van der Waals surface area contributed by atoms with Crippen LogP contribution in [0.3, 0.4) is 0 Å². The number of para-hydroxylation sites is 1. The minimum absolute atomic E-state index is 0.0428. The Morgan fingerprint density at radius 2 is 1.48 bits per heavy atom. The van der Waals surface area contributed by atoms with Gasteiger partial charge < -0.3 is 19.3 Å². The van der Waals surface area contributed by atoms with Gasteiger partial charge in [-0.1, -0.05) is 24.3 Å². The molecule has 2 aromatic carbocycles. The van der Waals surface area contributed by atoms with Crippen LogP contribution in [0.2, 0.25) is 0 Å². The van der Waals surface area contributed by atoms with E-state index in [2.05, 4.69) is 30.0 Å². The first-order valence-corrected chi connectivity index (χ1v) is 8.46. The standard InChI is InChI=1S/C20H24N2O3/c1-15-7-4-5-8-16(15)21-11-13-22(14-12-21)20(23)19-17(24-2)9-6-10-18(19)25-3/h4-10H,11-14H2,1-3H3. The molecule has 0 unspecified atom stereocenters. The van der Waals surface area contributed by atoms with Crippen LogP contribution in [0.4, 0.5) is 5.69 Å². The van der Waals surface area contributed by atoms with Gasteiger partial charge in [0.1, 0.15) is 17.1 Å². The van der Waals surface area contributed by atoms with Crippen LogP contribution in [-0.2, 0) is 0 Å². The van der Waals surface area contributed by atoms with Crippen molar-refractivity contribution in [3.8, 4) is 11.5 Å². The predicted octanol–water partition coefficient (Wildman–Crippen LogP) is 2.97. The first-order chi connectivity index (χ1) is 12.2. The third-order valence-corrected chi connectivity index (χ3v) is 4.66. The summed E-state index contributed by atoms with van der Waals surface area (Å²) in [6, 6.07) is 13.8. The number of benzene rings is 2. The van der Waals surface area contributed by atoms with Gasteiger partial charge in [-0.05, 0) is 30.7 Å². The van der Waals surface area contributed by atoms with Gasteiger partial charge in [0.2, 0.25) is 0 Å². The number of carbonyl (C=O) groups is 1. The highest BCUT2D eigenvalue weighted by atomic mass is 16.5. The number of nitrogens with zero attached hydrogens (tertiary/aromatic N) is 2. The van der Waals surface area contributed by atoms with E-state index < -0.39 is 0 Å². The van der Waals surface area contributed by atoms with Gasteiger partial charge in [0.05, 0.1) is 14.2 Å². The Morgan fingerprint density at radius 3 is 2.04 bits per heavy atom. The van der Waals surface area contributed by atoms with Crippen molar-refractivity contribution in [2.75, 3.05) is 45.3 Å². The number of hydrogen-bond acceptors (Lipinski definition) is 4. The summed E-state index contributed by atoms with van der Waals surface area (Å²) in [7, 11) is 3.14. The maximum absolute atomic E-state index is 13.0. The maximum Gasteiger partial charge on any atom is 0.261 e. The smallest absolute Gasteiger partial charge is 0.261 e. The second kappa shape index (κ2) is 7.47. The molecule has 0 aliphatic carbocycles. The van der Waals surface area contributed by atoms with Crippen LogP contribution in [0.1, 0.15) is 15.9 Å². The second-order valence-electron chi connectivity index (χ2n) is 6.10. The molecular formula is C20H24N2O3. The number of methoxy groups -OCH3 is 2. The number of carbonyl (C=O) groups excluding carboxylic acids is 1. The lowest BCUT2D eigenvalue weighted by molar-refractivity contribution is 0.0740. The highest BCUT2D eigenvalue weighted by molar-refractivity contribution is 5.99. The zero-order chi connectivity index (χ0) is 17.8. The summed E-state index contributed by atoms with van der Waals surface area (Å²) in [4.78, 5) is 17.2. The Morgan fingerprint density at radius 1 is 0.880 bits per heavy atom. The maximum atomic E-state index is 13.0. The lowest BCUT2D eigenvalue weighted by Gasteiger charge is -2.37. The quantitative estimate of drug-likeness (QED) is 0.858. The fourth-order valence-electron chi connectivity index (χ4n) is 3.29. The molecule has 0 atom stereocenters. The van der Waals surface area contributed by atoms with Gasteiger partial charge in [-0.15, -0.1) is 0 Å². The number of amides is 1. The minimum atomic E-state index is -0.0428. The lowest BCUT2D eigenvalue weighted by atomic mass is 10.1. The van der Waals surface area contributed by atoms with Gasteiger partial charge in [0.25, 0.3) is 5.91 Å². The van der Waals surface area contributed by atoms with E-state index in [0.29, 0.717) is 30.2 Å². The molecule has 0 N–H and O–H groups in total. The van der Waals surface area contributed by atoms with E-state index >= 15 is 0 Å². The van der Waals surface area contributed by atoms with Crippen molar-refractivity contribution in [3.05, 3.63) is 53.6 Å². The molecule has 5 heteroatoms. The van der Waals surface area contributed by atoms with Crippen molar-refractivity contribution < 1.29 is 14.3 Å². The Bertz CT molecular complexity index is 730. The van der Waals surface area contributed by atoms with E-state index in [4.69, 9.17) is 9.47 Å². The number of rotatable bonds is 4. The molecule has 5 nitrogen and oxygen atoms in total. The molecule has 0 spiro atoms. The third-order valence-electron chi connectivity index (χ3n) is 4.66. The molecule has 25 heavy (non-hydrogen) atoms. The van der Waals surface area contributed by atoms with Gasteiger partial charge in [-0.2, -0.15) is 0 Å². The molecule has 0 aromatic heterocycles. The Kier molecular flexibility index (Phi) is 5.12. The molecule has 1 aliphatic rings. The second-order valence-corrected chi connectivity index (χ2v) is 6.10. The molecule has 1 amide bonds. The van der Waals surface area contributed by atoms with Gasteiger partial charge in [-0.25, -0.2) is 0 Å². The number of piperazine rings is 1. The van der Waals surface area contributed by atoms with E-state index in [0.717, 1.165) is 13.1 Å². The van der Waals surface area contributed by atoms with Gasteiger partial charge in [0, 0.05) is 31.9 Å². The topological polar surface area (TPSA) is 42.0 Å². The SMILES string of the molecule is COc1cccc(OC)c1C(=O)N1CCN(c2ccccc2C)CC1. The molecule has 1 aliphatic heterocycles. The summed E-state index contributed by atoms with van der Waals surface area (Å²) in [6.07, 6.45) is 0. The first-order valence-electron chi connectivity index (χ1n) is 8.46. The van der Waals surface area contributed by atoms with Crippen LogP contribution in [0.5, 0.6) is 11.5 Å². The Hall–Kier alpha value is -2.69. The highest BCUT2D eigenvalue weighted by Crippen LogP contribution is 2.30. The van der Waals surface area contributed by atoms with Crippen LogP contribution in [-0.4, -0.2) is 51.2 Å². The van der Waals surface area contributed by atoms with E-state index in [1.165, 1.54) is 11.3 Å². The van der Waals surface area contributed by atoms with Crippen molar-refractivity contribution >= 4 is 11.6 Å². The molecule has 0 radical (unpaired) electrons. The van der Waals surface area contributed by atoms with Crippen molar-refractivity contribution in [3.63, 3.8) is 0 Å². The predicted molar refractivity (Wildman–Crippen MR) is 98.8 cm³/mol. The summed E-state index contributed by atoms with van der Waals surface area (Å²) in [5.74, 6) is 1.05. The van der Waals surface area contributed by atoms with Crippen LogP contribution < -0.4 is 14.4 Å². The van der Waals surface area contributed by atoms with E-state index in [9.17, 15) is 4.79 Å². The molecule has 1 heterocycles. The van der Waals surface area contributed by atoms with Gasteiger partial charge in [-0.3, -0.25) is 4.79 Å². The summed E-state index contributed by atoms with van der Waals surface area (Å²) in [5.41, 5.74) is 3.00. The molecule has 0 bridgehead atoms. The molecule has 132 valence electrons. The molecule has 0 saturated carbocycles. The number of ether oxygens (including phenoxy) is 2. The monoisotopic (exact) mass is 340 g/mol. The minimum Gasteiger partial charge on any atom is -0.496 e. The van der Waals surface area contributed by atoms with Crippen LogP contribution in [0.15, 0.2) is 42.5 Å². The fourth-order valence-corrected chi connectivity index (χ4v) is 3.29. The van der Waals surface area contributed by atoms with Crippen molar-refractivity contribution in [2.24, 2.45) is 0 Å². The zero-order valence-corrected chi connectivity index (χ0v) is 15.0. The highest BCUT2D eigenvalue weighted by Gasteiger charge is 2.27. The molecule has 1 fully saturated rings. The number of aryl methyl sites for hydroxylation is 1. The number of anilines is 1. The lowest BCUT2D eigenvalue weighted by Crippen LogP contribution is -2.49. The zero-order valence-electron chi connectivity index (χ0n) is 15.0. The van der Waals surface area contributed by atoms with Crippen LogP contribution in [0.25, 0.3) is 0 Å². The molecule has 2 aromatic rings. The van der Waals surface area contributed by atoms with Gasteiger partial charge >= 0.3 is 0 Å². The first kappa shape index (κ1) is 17.1. The van der Waals surface area contributed by atoms with E-state index in [1.54, 1.807) is 26.4 Å². The number of hydrogen-bond donors (Lipinski definition) is 0. The fraction of sp³-hybridized carbons (Fsp3) is 0.350. The van der Waals surface area contributed by atoms with Crippen LogP contribution in [0, 0.1) is 6.92 Å². The van der Waals surface area contributed by atoms with E-state index in [-0.39, 0.29) is 5.91 Å². The summed E-state index contributed by atoms with van der Waals surface area (Å²) in [5, 5.41) is 0. The molecular weight excluding hydrogens is 316 g/mol. The largest absolute Gasteiger partial charge is 0.496 e. The molecule has 1 saturated heterocycles. The van der Waals surface area contributed by atoms with Crippen molar-refractivity contribution in [1.82, 2.24) is 4.90 Å². The Labute approximate surface area is 148 Å². The third kappa shape index (κ3) is 3.40. The summed E-state index contributed by atoms with van der Waals surface area (Å²) >= 11 is 0. The average molecular weight is 340 g/mol. The normalized spacial score (nSPS) is 14.4. The Balaban J connectivity index is 1.76. The summed E-state index contributed by atoms with van der Waals surface area (Å²) < 4.78 is 10.7. The van der Waals surface area contributed by atoms with Crippen molar-refractivity contribution in [2.45, 2.75) is 6.92 Å².